The van der Waals surface area contributed by atoms with E-state index in [4.69, 9.17) is 0 Å². The molecule has 1 N–H and O–H groups in total. The molecule has 0 saturated carbocycles. The minimum atomic E-state index is 0.799. The van der Waals surface area contributed by atoms with Gasteiger partial charge in [0, 0.05) is 18.1 Å². The van der Waals surface area contributed by atoms with Crippen molar-refractivity contribution in [1.82, 2.24) is 10.2 Å². The SMILES string of the molecule is CCSCCCNC1CC2CCCC(C1)N2C. The summed E-state index contributed by atoms with van der Waals surface area (Å²) in [5.74, 6) is 2.58. The van der Waals surface area contributed by atoms with Crippen molar-refractivity contribution in [1.29, 1.82) is 0 Å². The van der Waals surface area contributed by atoms with E-state index >= 15 is 0 Å². The first-order valence-electron chi connectivity index (χ1n) is 7.34. The van der Waals surface area contributed by atoms with Crippen molar-refractivity contribution in [2.45, 2.75) is 63.6 Å². The Balaban J connectivity index is 1.65. The number of piperidine rings is 2. The largest absolute Gasteiger partial charge is 0.314 e. The zero-order chi connectivity index (χ0) is 12.1. The Morgan fingerprint density at radius 3 is 2.59 bits per heavy atom. The molecular formula is C14H28N2S. The Kier molecular flexibility index (Phi) is 5.64. The van der Waals surface area contributed by atoms with Crippen LogP contribution in [-0.2, 0) is 0 Å². The third-order valence-corrected chi connectivity index (χ3v) is 5.43. The van der Waals surface area contributed by atoms with E-state index < -0.39 is 0 Å². The van der Waals surface area contributed by atoms with Crippen molar-refractivity contribution in [3.8, 4) is 0 Å². The van der Waals surface area contributed by atoms with E-state index in [2.05, 4.69) is 35.9 Å². The molecule has 2 nitrogen and oxygen atoms in total. The first-order valence-corrected chi connectivity index (χ1v) is 8.49. The van der Waals surface area contributed by atoms with Gasteiger partial charge in [0.15, 0.2) is 0 Å². The normalized spacial score (nSPS) is 33.9. The highest BCUT2D eigenvalue weighted by Crippen LogP contribution is 2.32. The van der Waals surface area contributed by atoms with E-state index in [9.17, 15) is 0 Å². The summed E-state index contributed by atoms with van der Waals surface area (Å²) in [5.41, 5.74) is 0. The second-order valence-corrected chi connectivity index (χ2v) is 6.97. The highest BCUT2D eigenvalue weighted by molar-refractivity contribution is 7.99. The Labute approximate surface area is 111 Å². The molecule has 2 saturated heterocycles. The van der Waals surface area contributed by atoms with Crippen molar-refractivity contribution in [3.63, 3.8) is 0 Å². The molecule has 2 aliphatic rings. The van der Waals surface area contributed by atoms with E-state index in [1.54, 1.807) is 0 Å². The average Bonchev–Trinajstić information content (AvgIpc) is 2.30. The molecule has 2 atom stereocenters. The predicted octanol–water partition coefficient (Wildman–Crippen LogP) is 2.73. The lowest BCUT2D eigenvalue weighted by Gasteiger charge is -2.47. The molecule has 0 aromatic carbocycles. The lowest BCUT2D eigenvalue weighted by atomic mass is 9.82. The van der Waals surface area contributed by atoms with Crippen LogP contribution < -0.4 is 5.32 Å². The molecule has 2 fully saturated rings. The minimum Gasteiger partial charge on any atom is -0.314 e. The van der Waals surface area contributed by atoms with Gasteiger partial charge >= 0.3 is 0 Å². The maximum atomic E-state index is 3.79. The van der Waals surface area contributed by atoms with Gasteiger partial charge in [0.25, 0.3) is 0 Å². The van der Waals surface area contributed by atoms with E-state index in [1.807, 2.05) is 0 Å². The van der Waals surface area contributed by atoms with Crippen molar-refractivity contribution < 1.29 is 0 Å². The maximum absolute atomic E-state index is 3.79. The van der Waals surface area contributed by atoms with Crippen molar-refractivity contribution in [3.05, 3.63) is 0 Å². The van der Waals surface area contributed by atoms with E-state index in [1.165, 1.54) is 56.6 Å². The zero-order valence-corrected chi connectivity index (χ0v) is 12.3. The fourth-order valence-electron chi connectivity index (χ4n) is 3.41. The highest BCUT2D eigenvalue weighted by Gasteiger charge is 2.35. The van der Waals surface area contributed by atoms with Gasteiger partial charge in [-0.1, -0.05) is 13.3 Å². The molecule has 3 heteroatoms. The third-order valence-electron chi connectivity index (χ3n) is 4.44. The fourth-order valence-corrected chi connectivity index (χ4v) is 4.04. The van der Waals surface area contributed by atoms with Crippen LogP contribution in [0.15, 0.2) is 0 Å². The molecule has 0 aromatic rings. The number of thioether (sulfide) groups is 1. The molecule has 0 aromatic heterocycles. The van der Waals surface area contributed by atoms with Gasteiger partial charge in [0.2, 0.25) is 0 Å². The van der Waals surface area contributed by atoms with E-state index in [-0.39, 0.29) is 0 Å². The molecule has 2 unspecified atom stereocenters. The van der Waals surface area contributed by atoms with Crippen molar-refractivity contribution in [2.24, 2.45) is 0 Å². The molecular weight excluding hydrogens is 228 g/mol. The monoisotopic (exact) mass is 256 g/mol. The van der Waals surface area contributed by atoms with E-state index in [0.29, 0.717) is 0 Å². The predicted molar refractivity (Wildman–Crippen MR) is 77.8 cm³/mol. The summed E-state index contributed by atoms with van der Waals surface area (Å²) in [4.78, 5) is 2.65. The molecule has 2 aliphatic heterocycles. The van der Waals surface area contributed by atoms with Gasteiger partial charge in [-0.05, 0) is 57.2 Å². The summed E-state index contributed by atoms with van der Waals surface area (Å²) in [6.45, 7) is 3.47. The molecule has 2 rings (SSSR count). The summed E-state index contributed by atoms with van der Waals surface area (Å²) in [7, 11) is 2.34. The summed E-state index contributed by atoms with van der Waals surface area (Å²) in [6, 6.07) is 2.53. The Morgan fingerprint density at radius 1 is 1.24 bits per heavy atom. The standard InChI is InChI=1S/C14H28N2S/c1-3-17-9-5-8-15-12-10-13-6-4-7-14(11-12)16(13)2/h12-15H,3-11H2,1-2H3. The number of nitrogens with zero attached hydrogens (tertiary/aromatic N) is 1. The molecule has 2 bridgehead atoms. The summed E-state index contributed by atoms with van der Waals surface area (Å²) < 4.78 is 0. The van der Waals surface area contributed by atoms with Gasteiger partial charge < -0.3 is 10.2 Å². The first kappa shape index (κ1) is 13.7. The Morgan fingerprint density at radius 2 is 1.94 bits per heavy atom. The topological polar surface area (TPSA) is 15.3 Å². The number of fused-ring (bicyclic) bond motifs is 2. The number of rotatable bonds is 6. The van der Waals surface area contributed by atoms with Crippen LogP contribution in [0.1, 0.15) is 45.4 Å². The maximum Gasteiger partial charge on any atom is 0.0110 e. The van der Waals surface area contributed by atoms with Crippen LogP contribution in [0, 0.1) is 0 Å². The summed E-state index contributed by atoms with van der Waals surface area (Å²) >= 11 is 2.06. The van der Waals surface area contributed by atoms with E-state index in [0.717, 1.165) is 18.1 Å². The van der Waals surface area contributed by atoms with Gasteiger partial charge in [-0.25, -0.2) is 0 Å². The van der Waals surface area contributed by atoms with Crippen LogP contribution >= 0.6 is 11.8 Å². The lowest BCUT2D eigenvalue weighted by molar-refractivity contribution is 0.0488. The minimum absolute atomic E-state index is 0.799. The van der Waals surface area contributed by atoms with Crippen LogP contribution in [0.25, 0.3) is 0 Å². The van der Waals surface area contributed by atoms with Crippen LogP contribution in [0.2, 0.25) is 0 Å². The van der Waals surface area contributed by atoms with Crippen molar-refractivity contribution in [2.75, 3.05) is 25.1 Å². The Bertz CT molecular complexity index is 208. The van der Waals surface area contributed by atoms with Crippen molar-refractivity contribution >= 4 is 11.8 Å². The molecule has 0 spiro atoms. The quantitative estimate of drug-likeness (QED) is 0.736. The van der Waals surface area contributed by atoms with Crippen LogP contribution in [-0.4, -0.2) is 48.1 Å². The van der Waals surface area contributed by atoms with Gasteiger partial charge in [-0.2, -0.15) is 11.8 Å². The second kappa shape index (κ2) is 7.01. The lowest BCUT2D eigenvalue weighted by Crippen LogP contribution is -2.54. The summed E-state index contributed by atoms with van der Waals surface area (Å²) in [6.07, 6.45) is 8.41. The number of hydrogen-bond donors (Lipinski definition) is 1. The molecule has 2 heterocycles. The van der Waals surface area contributed by atoms with Crippen LogP contribution in [0.3, 0.4) is 0 Å². The second-order valence-electron chi connectivity index (χ2n) is 5.58. The first-order chi connectivity index (χ1) is 8.31. The van der Waals surface area contributed by atoms with Crippen LogP contribution in [0.4, 0.5) is 0 Å². The molecule has 0 amide bonds. The third kappa shape index (κ3) is 3.87. The van der Waals surface area contributed by atoms with Crippen LogP contribution in [0.5, 0.6) is 0 Å². The molecule has 100 valence electrons. The zero-order valence-electron chi connectivity index (χ0n) is 11.5. The van der Waals surface area contributed by atoms with Gasteiger partial charge in [0.05, 0.1) is 0 Å². The average molecular weight is 256 g/mol. The molecule has 0 radical (unpaired) electrons. The summed E-state index contributed by atoms with van der Waals surface area (Å²) in [5, 5.41) is 3.79. The number of nitrogens with one attached hydrogen (secondary N) is 1. The Hall–Kier alpha value is 0.270. The smallest absolute Gasteiger partial charge is 0.0110 e. The molecule has 17 heavy (non-hydrogen) atoms. The fraction of sp³-hybridized carbons (Fsp3) is 1.00. The highest BCUT2D eigenvalue weighted by atomic mass is 32.2. The van der Waals surface area contributed by atoms with Gasteiger partial charge in [-0.15, -0.1) is 0 Å². The van der Waals surface area contributed by atoms with Gasteiger partial charge in [0.1, 0.15) is 0 Å². The van der Waals surface area contributed by atoms with Gasteiger partial charge in [-0.3, -0.25) is 0 Å². The molecule has 0 aliphatic carbocycles. The number of hydrogen-bond acceptors (Lipinski definition) is 3.